The second-order valence-electron chi connectivity index (χ2n) is 5.32. The molecular weight excluding hydrogens is 405 g/mol. The van der Waals surface area contributed by atoms with Crippen molar-refractivity contribution in [1.82, 2.24) is 10.2 Å². The topological polar surface area (TPSA) is 66.3 Å². The number of ether oxygens (including phenoxy) is 2. The van der Waals surface area contributed by atoms with Crippen LogP contribution in [0.2, 0.25) is 0 Å². The number of aliphatic hydroxyl groups is 1. The summed E-state index contributed by atoms with van der Waals surface area (Å²) in [6, 6.07) is 0. The smallest absolute Gasteiger partial charge is 0.193 e. The molecule has 21 heavy (non-hydrogen) atoms. The van der Waals surface area contributed by atoms with Crippen LogP contribution in [0, 0.1) is 0 Å². The van der Waals surface area contributed by atoms with Gasteiger partial charge in [0.1, 0.15) is 0 Å². The number of nitrogens with zero attached hydrogens (tertiary/aromatic N) is 2. The SMILES string of the molecule is CN=C(NCC1(O)CCSC1)N1CCOC(COC)C1.I. The van der Waals surface area contributed by atoms with Gasteiger partial charge in [0.2, 0.25) is 0 Å². The van der Waals surface area contributed by atoms with Gasteiger partial charge in [0.15, 0.2) is 5.96 Å². The molecule has 8 heteroatoms. The highest BCUT2D eigenvalue weighted by molar-refractivity contribution is 14.0. The highest BCUT2D eigenvalue weighted by atomic mass is 127. The first-order chi connectivity index (χ1) is 9.67. The van der Waals surface area contributed by atoms with Crippen LogP contribution in [0.1, 0.15) is 6.42 Å². The normalized spacial score (nSPS) is 30.1. The molecular formula is C13H26IN3O3S. The Kier molecular flexibility index (Phi) is 8.62. The molecule has 2 aliphatic heterocycles. The monoisotopic (exact) mass is 431 g/mol. The molecule has 0 aliphatic carbocycles. The Balaban J connectivity index is 0.00000220. The number of morpholine rings is 1. The van der Waals surface area contributed by atoms with Gasteiger partial charge in [-0.1, -0.05) is 0 Å². The second-order valence-corrected chi connectivity index (χ2v) is 6.43. The van der Waals surface area contributed by atoms with Crippen molar-refractivity contribution in [1.29, 1.82) is 0 Å². The van der Waals surface area contributed by atoms with Crippen molar-refractivity contribution in [3.05, 3.63) is 0 Å². The minimum atomic E-state index is -0.598. The second kappa shape index (κ2) is 9.39. The van der Waals surface area contributed by atoms with E-state index in [2.05, 4.69) is 15.2 Å². The largest absolute Gasteiger partial charge is 0.387 e. The molecule has 2 atom stereocenters. The van der Waals surface area contributed by atoms with Gasteiger partial charge < -0.3 is 24.8 Å². The van der Waals surface area contributed by atoms with E-state index in [0.29, 0.717) is 19.8 Å². The minimum Gasteiger partial charge on any atom is -0.387 e. The Bertz CT molecular complexity index is 339. The molecule has 6 nitrogen and oxygen atoms in total. The molecule has 0 saturated carbocycles. The average molecular weight is 431 g/mol. The number of methoxy groups -OCH3 is 1. The van der Waals surface area contributed by atoms with Gasteiger partial charge in [-0.2, -0.15) is 11.8 Å². The Morgan fingerprint density at radius 3 is 3.05 bits per heavy atom. The van der Waals surface area contributed by atoms with E-state index in [4.69, 9.17) is 9.47 Å². The molecule has 2 aliphatic rings. The van der Waals surface area contributed by atoms with E-state index in [1.165, 1.54) is 0 Å². The van der Waals surface area contributed by atoms with E-state index >= 15 is 0 Å². The van der Waals surface area contributed by atoms with Crippen molar-refractivity contribution in [3.8, 4) is 0 Å². The summed E-state index contributed by atoms with van der Waals surface area (Å²) in [5, 5.41) is 13.7. The van der Waals surface area contributed by atoms with Gasteiger partial charge in [0, 0.05) is 39.5 Å². The summed E-state index contributed by atoms with van der Waals surface area (Å²) in [6.45, 7) is 3.40. The molecule has 2 heterocycles. The quantitative estimate of drug-likeness (QED) is 0.382. The fraction of sp³-hybridized carbons (Fsp3) is 0.923. The predicted octanol–water partition coefficient (Wildman–Crippen LogP) is 0.395. The molecule has 2 saturated heterocycles. The molecule has 0 aromatic carbocycles. The van der Waals surface area contributed by atoms with Crippen LogP contribution in [0.15, 0.2) is 4.99 Å². The lowest BCUT2D eigenvalue weighted by Crippen LogP contribution is -2.54. The molecule has 2 fully saturated rings. The van der Waals surface area contributed by atoms with Crippen molar-refractivity contribution >= 4 is 41.7 Å². The fourth-order valence-electron chi connectivity index (χ4n) is 2.51. The Morgan fingerprint density at radius 1 is 1.62 bits per heavy atom. The molecule has 0 spiro atoms. The van der Waals surface area contributed by atoms with Crippen LogP contribution in [-0.4, -0.2) is 86.2 Å². The summed E-state index contributed by atoms with van der Waals surface area (Å²) >= 11 is 1.80. The summed E-state index contributed by atoms with van der Waals surface area (Å²) in [5.41, 5.74) is -0.598. The lowest BCUT2D eigenvalue weighted by atomic mass is 10.0. The predicted molar refractivity (Wildman–Crippen MR) is 96.9 cm³/mol. The van der Waals surface area contributed by atoms with Crippen LogP contribution in [0.5, 0.6) is 0 Å². The number of halogens is 1. The molecule has 2 N–H and O–H groups in total. The third kappa shape index (κ3) is 5.74. The Hall–Kier alpha value is 0.230. The van der Waals surface area contributed by atoms with E-state index in [1.807, 2.05) is 0 Å². The molecule has 2 rings (SSSR count). The van der Waals surface area contributed by atoms with E-state index in [9.17, 15) is 5.11 Å². The maximum absolute atomic E-state index is 10.4. The molecule has 0 bridgehead atoms. The third-order valence-corrected chi connectivity index (χ3v) is 4.89. The van der Waals surface area contributed by atoms with Crippen LogP contribution in [0.3, 0.4) is 0 Å². The lowest BCUT2D eigenvalue weighted by molar-refractivity contribution is -0.0449. The fourth-order valence-corrected chi connectivity index (χ4v) is 3.81. The van der Waals surface area contributed by atoms with Crippen molar-refractivity contribution in [2.75, 3.05) is 58.5 Å². The van der Waals surface area contributed by atoms with Crippen LogP contribution < -0.4 is 5.32 Å². The first kappa shape index (κ1) is 19.3. The summed E-state index contributed by atoms with van der Waals surface area (Å²) in [6.07, 6.45) is 0.925. The summed E-state index contributed by atoms with van der Waals surface area (Å²) in [7, 11) is 3.46. The van der Waals surface area contributed by atoms with Gasteiger partial charge in [-0.3, -0.25) is 4.99 Å². The number of nitrogens with one attached hydrogen (secondary N) is 1. The van der Waals surface area contributed by atoms with E-state index in [0.717, 1.165) is 37.0 Å². The molecule has 124 valence electrons. The van der Waals surface area contributed by atoms with Gasteiger partial charge in [0.25, 0.3) is 0 Å². The van der Waals surface area contributed by atoms with Gasteiger partial charge in [0.05, 0.1) is 24.9 Å². The number of thioether (sulfide) groups is 1. The summed E-state index contributed by atoms with van der Waals surface area (Å²) < 4.78 is 10.8. The Morgan fingerprint density at radius 2 is 2.43 bits per heavy atom. The molecule has 0 aromatic heterocycles. The number of rotatable bonds is 4. The van der Waals surface area contributed by atoms with Crippen LogP contribution in [-0.2, 0) is 9.47 Å². The highest BCUT2D eigenvalue weighted by Crippen LogP contribution is 2.27. The zero-order chi connectivity index (χ0) is 14.4. The molecule has 2 unspecified atom stereocenters. The number of hydrogen-bond acceptors (Lipinski definition) is 5. The van der Waals surface area contributed by atoms with Crippen LogP contribution in [0.4, 0.5) is 0 Å². The zero-order valence-corrected chi connectivity index (χ0v) is 15.9. The van der Waals surface area contributed by atoms with Crippen LogP contribution in [0.25, 0.3) is 0 Å². The zero-order valence-electron chi connectivity index (χ0n) is 12.7. The summed E-state index contributed by atoms with van der Waals surface area (Å²) in [5.74, 6) is 2.66. The van der Waals surface area contributed by atoms with Gasteiger partial charge in [-0.05, 0) is 12.2 Å². The minimum absolute atomic E-state index is 0. The molecule has 0 amide bonds. The summed E-state index contributed by atoms with van der Waals surface area (Å²) in [4.78, 5) is 6.48. The lowest BCUT2D eigenvalue weighted by Gasteiger charge is -2.35. The Labute approximate surface area is 148 Å². The number of guanidine groups is 1. The average Bonchev–Trinajstić information content (AvgIpc) is 2.88. The van der Waals surface area contributed by atoms with E-state index < -0.39 is 5.60 Å². The first-order valence-corrected chi connectivity index (χ1v) is 8.18. The van der Waals surface area contributed by atoms with Crippen molar-refractivity contribution in [2.24, 2.45) is 4.99 Å². The maximum atomic E-state index is 10.4. The molecule has 0 radical (unpaired) electrons. The number of aliphatic imine (C=N–C) groups is 1. The highest BCUT2D eigenvalue weighted by Gasteiger charge is 2.32. The number of hydrogen-bond donors (Lipinski definition) is 2. The van der Waals surface area contributed by atoms with E-state index in [1.54, 1.807) is 25.9 Å². The van der Waals surface area contributed by atoms with E-state index in [-0.39, 0.29) is 30.1 Å². The molecule has 0 aromatic rings. The van der Waals surface area contributed by atoms with Crippen molar-refractivity contribution in [2.45, 2.75) is 18.1 Å². The first-order valence-electron chi connectivity index (χ1n) is 7.03. The van der Waals surface area contributed by atoms with Crippen LogP contribution >= 0.6 is 35.7 Å². The van der Waals surface area contributed by atoms with Gasteiger partial charge in [-0.15, -0.1) is 24.0 Å². The van der Waals surface area contributed by atoms with Crippen molar-refractivity contribution < 1.29 is 14.6 Å². The van der Waals surface area contributed by atoms with Crippen molar-refractivity contribution in [3.63, 3.8) is 0 Å². The van der Waals surface area contributed by atoms with Gasteiger partial charge >= 0.3 is 0 Å². The van der Waals surface area contributed by atoms with Gasteiger partial charge in [-0.25, -0.2) is 0 Å². The maximum Gasteiger partial charge on any atom is 0.193 e. The standard InChI is InChI=1S/C13H25N3O3S.HI/c1-14-12(15-9-13(17)3-6-20-10-13)16-4-5-19-11(7-16)8-18-2;/h11,17H,3-10H2,1-2H3,(H,14,15);1H. The third-order valence-electron chi connectivity index (χ3n) is 3.66.